The predicted molar refractivity (Wildman–Crippen MR) is 65.4 cm³/mol. The average molecular weight is 233 g/mol. The zero-order valence-electron chi connectivity index (χ0n) is 10.4. The van der Waals surface area contributed by atoms with E-state index in [2.05, 4.69) is 12.1 Å². The second kappa shape index (κ2) is 3.55. The maximum absolute atomic E-state index is 6.31. The maximum atomic E-state index is 6.31. The Balaban J connectivity index is 1.93. The quantitative estimate of drug-likeness (QED) is 0.853. The van der Waals surface area contributed by atoms with Crippen LogP contribution in [0.15, 0.2) is 24.3 Å². The van der Waals surface area contributed by atoms with Gasteiger partial charge in [-0.05, 0) is 37.8 Å². The van der Waals surface area contributed by atoms with Gasteiger partial charge in [0.05, 0.1) is 6.61 Å². The molecule has 1 aromatic carbocycles. The topological polar surface area (TPSA) is 44.5 Å². The highest BCUT2D eigenvalue weighted by Crippen LogP contribution is 2.46. The summed E-state index contributed by atoms with van der Waals surface area (Å²) in [5.74, 6) is -0.483. The van der Waals surface area contributed by atoms with Crippen LogP contribution < -0.4 is 5.73 Å². The van der Waals surface area contributed by atoms with Gasteiger partial charge in [-0.1, -0.05) is 24.3 Å². The number of hydrogen-bond donors (Lipinski definition) is 1. The summed E-state index contributed by atoms with van der Waals surface area (Å²) < 4.78 is 11.6. The molecule has 1 aromatic rings. The lowest BCUT2D eigenvalue weighted by molar-refractivity contribution is -0.139. The van der Waals surface area contributed by atoms with Crippen molar-refractivity contribution >= 4 is 0 Å². The van der Waals surface area contributed by atoms with Crippen molar-refractivity contribution < 1.29 is 9.47 Å². The first-order valence-electron chi connectivity index (χ1n) is 6.20. The number of ether oxygens (including phenoxy) is 2. The van der Waals surface area contributed by atoms with E-state index in [1.807, 2.05) is 26.0 Å². The molecule has 2 fully saturated rings. The summed E-state index contributed by atoms with van der Waals surface area (Å²) in [6, 6.07) is 8.32. The van der Waals surface area contributed by atoms with Gasteiger partial charge in [0.2, 0.25) is 0 Å². The molecular weight excluding hydrogens is 214 g/mol. The third-order valence-corrected chi connectivity index (χ3v) is 3.64. The SMILES string of the molecule is CC1(C)OCC(c2ccccc2C2(N)CC2)O1. The van der Waals surface area contributed by atoms with Crippen molar-refractivity contribution in [2.75, 3.05) is 6.61 Å². The van der Waals surface area contributed by atoms with Crippen molar-refractivity contribution in [2.45, 2.75) is 44.1 Å². The minimum absolute atomic E-state index is 0.0159. The molecule has 1 unspecified atom stereocenters. The molecule has 3 rings (SSSR count). The zero-order valence-corrected chi connectivity index (χ0v) is 10.4. The van der Waals surface area contributed by atoms with E-state index >= 15 is 0 Å². The van der Waals surface area contributed by atoms with E-state index in [1.165, 1.54) is 11.1 Å². The number of rotatable bonds is 2. The molecule has 1 saturated carbocycles. The van der Waals surface area contributed by atoms with Gasteiger partial charge in [0, 0.05) is 5.54 Å². The Labute approximate surface area is 102 Å². The predicted octanol–water partition coefficient (Wildman–Crippen LogP) is 2.46. The monoisotopic (exact) mass is 233 g/mol. The lowest BCUT2D eigenvalue weighted by atomic mass is 9.95. The molecule has 2 aliphatic rings. The summed E-state index contributed by atoms with van der Waals surface area (Å²) in [6.45, 7) is 4.51. The minimum Gasteiger partial charge on any atom is -0.347 e. The molecule has 1 aliphatic heterocycles. The Morgan fingerprint density at radius 3 is 2.53 bits per heavy atom. The Morgan fingerprint density at radius 2 is 1.94 bits per heavy atom. The van der Waals surface area contributed by atoms with Gasteiger partial charge in [-0.15, -0.1) is 0 Å². The van der Waals surface area contributed by atoms with Crippen molar-refractivity contribution in [3.63, 3.8) is 0 Å². The smallest absolute Gasteiger partial charge is 0.163 e. The van der Waals surface area contributed by atoms with Gasteiger partial charge in [0.1, 0.15) is 6.10 Å². The van der Waals surface area contributed by atoms with Gasteiger partial charge in [-0.25, -0.2) is 0 Å². The first kappa shape index (κ1) is 11.2. The molecule has 0 amide bonds. The summed E-state index contributed by atoms with van der Waals surface area (Å²) >= 11 is 0. The fraction of sp³-hybridized carbons (Fsp3) is 0.571. The van der Waals surface area contributed by atoms with Crippen LogP contribution in [0.25, 0.3) is 0 Å². The van der Waals surface area contributed by atoms with Crippen molar-refractivity contribution in [3.8, 4) is 0 Å². The maximum Gasteiger partial charge on any atom is 0.163 e. The molecule has 0 radical (unpaired) electrons. The summed E-state index contributed by atoms with van der Waals surface area (Å²) in [5, 5.41) is 0. The Hall–Kier alpha value is -0.900. The highest BCUT2D eigenvalue weighted by atomic mass is 16.7. The molecule has 1 atom stereocenters. The van der Waals surface area contributed by atoms with Crippen LogP contribution in [-0.2, 0) is 15.0 Å². The van der Waals surface area contributed by atoms with Crippen molar-refractivity contribution in [1.29, 1.82) is 0 Å². The number of hydrogen-bond acceptors (Lipinski definition) is 3. The summed E-state index contributed by atoms with van der Waals surface area (Å²) in [5.41, 5.74) is 8.61. The molecule has 1 heterocycles. The summed E-state index contributed by atoms with van der Waals surface area (Å²) in [6.07, 6.45) is 2.16. The molecule has 0 spiro atoms. The molecule has 0 bridgehead atoms. The van der Waals surface area contributed by atoms with Crippen molar-refractivity contribution in [1.82, 2.24) is 0 Å². The molecule has 17 heavy (non-hydrogen) atoms. The highest BCUT2D eigenvalue weighted by Gasteiger charge is 2.44. The number of nitrogens with two attached hydrogens (primary N) is 1. The third kappa shape index (κ3) is 1.99. The van der Waals surface area contributed by atoms with Crippen LogP contribution >= 0.6 is 0 Å². The van der Waals surface area contributed by atoms with E-state index in [1.54, 1.807) is 0 Å². The number of benzene rings is 1. The first-order valence-corrected chi connectivity index (χ1v) is 6.20. The van der Waals surface area contributed by atoms with Gasteiger partial charge < -0.3 is 15.2 Å². The second-order valence-corrected chi connectivity index (χ2v) is 5.56. The van der Waals surface area contributed by atoms with Crippen LogP contribution in [0.4, 0.5) is 0 Å². The average Bonchev–Trinajstić information content (AvgIpc) is 2.94. The standard InChI is InChI=1S/C14H19NO2/c1-13(2)16-9-12(17-13)10-5-3-4-6-11(10)14(15)7-8-14/h3-6,12H,7-9,15H2,1-2H3. The van der Waals surface area contributed by atoms with Crippen molar-refractivity contribution in [3.05, 3.63) is 35.4 Å². The highest BCUT2D eigenvalue weighted by molar-refractivity contribution is 5.39. The van der Waals surface area contributed by atoms with Gasteiger partial charge in [-0.2, -0.15) is 0 Å². The zero-order chi connectivity index (χ0) is 12.1. The minimum atomic E-state index is -0.483. The Bertz CT molecular complexity index is 438. The van der Waals surface area contributed by atoms with Crippen LogP contribution in [-0.4, -0.2) is 12.4 Å². The summed E-state index contributed by atoms with van der Waals surface area (Å²) in [4.78, 5) is 0. The molecule has 2 N–H and O–H groups in total. The fourth-order valence-electron chi connectivity index (χ4n) is 2.48. The fourth-order valence-corrected chi connectivity index (χ4v) is 2.48. The van der Waals surface area contributed by atoms with Crippen LogP contribution in [0, 0.1) is 0 Å². The van der Waals surface area contributed by atoms with E-state index in [-0.39, 0.29) is 11.6 Å². The first-order chi connectivity index (χ1) is 8.00. The molecule has 92 valence electrons. The molecule has 1 aliphatic carbocycles. The van der Waals surface area contributed by atoms with Crippen LogP contribution in [0.2, 0.25) is 0 Å². The van der Waals surface area contributed by atoms with Gasteiger partial charge in [-0.3, -0.25) is 0 Å². The van der Waals surface area contributed by atoms with Crippen LogP contribution in [0.3, 0.4) is 0 Å². The lowest BCUT2D eigenvalue weighted by Crippen LogP contribution is -2.23. The molecule has 0 aromatic heterocycles. The molecule has 3 nitrogen and oxygen atoms in total. The molecular formula is C14H19NO2. The normalized spacial score (nSPS) is 29.2. The van der Waals surface area contributed by atoms with E-state index < -0.39 is 5.79 Å². The van der Waals surface area contributed by atoms with E-state index in [0.717, 1.165) is 12.8 Å². The Kier molecular flexibility index (Phi) is 2.34. The van der Waals surface area contributed by atoms with Crippen LogP contribution in [0.5, 0.6) is 0 Å². The van der Waals surface area contributed by atoms with E-state index in [4.69, 9.17) is 15.2 Å². The van der Waals surface area contributed by atoms with Gasteiger partial charge in [0.25, 0.3) is 0 Å². The molecule has 3 heteroatoms. The molecule has 1 saturated heterocycles. The largest absolute Gasteiger partial charge is 0.347 e. The van der Waals surface area contributed by atoms with Crippen LogP contribution in [0.1, 0.15) is 43.9 Å². The summed E-state index contributed by atoms with van der Waals surface area (Å²) in [7, 11) is 0. The third-order valence-electron chi connectivity index (χ3n) is 3.64. The van der Waals surface area contributed by atoms with Gasteiger partial charge >= 0.3 is 0 Å². The van der Waals surface area contributed by atoms with Crippen molar-refractivity contribution in [2.24, 2.45) is 5.73 Å². The second-order valence-electron chi connectivity index (χ2n) is 5.56. The Morgan fingerprint density at radius 1 is 1.24 bits per heavy atom. The van der Waals surface area contributed by atoms with Gasteiger partial charge in [0.15, 0.2) is 5.79 Å². The van der Waals surface area contributed by atoms with E-state index in [0.29, 0.717) is 6.61 Å². The van der Waals surface area contributed by atoms with E-state index in [9.17, 15) is 0 Å². The lowest BCUT2D eigenvalue weighted by Gasteiger charge is -2.21.